The number of fused-ring (bicyclic) bond motifs is 5. The lowest BCUT2D eigenvalue weighted by Crippen LogP contribution is -1.94. The average Bonchev–Trinajstić information content (AvgIpc) is 3.41. The van der Waals surface area contributed by atoms with Crippen molar-refractivity contribution in [2.45, 2.75) is 26.2 Å². The van der Waals surface area contributed by atoms with Crippen LogP contribution in [-0.2, 0) is 0 Å². The van der Waals surface area contributed by atoms with Crippen molar-refractivity contribution < 1.29 is 0 Å². The number of benzene rings is 1. The molecule has 0 N–H and O–H groups in total. The summed E-state index contributed by atoms with van der Waals surface area (Å²) < 4.78 is 5.92. The third-order valence-corrected chi connectivity index (χ3v) is 10.7. The molecule has 0 radical (unpaired) electrons. The van der Waals surface area contributed by atoms with Crippen molar-refractivity contribution in [3.05, 3.63) is 70.6 Å². The van der Waals surface area contributed by atoms with Crippen LogP contribution in [0.2, 0.25) is 0 Å². The minimum Gasteiger partial charge on any atom is -0.129 e. The third-order valence-electron chi connectivity index (χ3n) is 5.49. The molecule has 0 nitrogen and oxygen atoms in total. The summed E-state index contributed by atoms with van der Waals surface area (Å²) in [7, 11) is 0. The SMILES string of the molecule is CC1=CCC(c2cc3c(s2)sc2c4cc(-c5ccc(C)cc5)sc4sc32)C=C1. The van der Waals surface area contributed by atoms with Crippen LogP contribution in [0.3, 0.4) is 0 Å². The Morgan fingerprint density at radius 3 is 2.25 bits per heavy atom. The van der Waals surface area contributed by atoms with Gasteiger partial charge in [0.05, 0.1) is 17.4 Å². The molecule has 0 saturated heterocycles. The quantitative estimate of drug-likeness (QED) is 0.259. The van der Waals surface area contributed by atoms with Gasteiger partial charge in [-0.2, -0.15) is 0 Å². The first-order valence-corrected chi connectivity index (χ1v) is 12.7. The third kappa shape index (κ3) is 2.66. The second-order valence-electron chi connectivity index (χ2n) is 7.54. The van der Waals surface area contributed by atoms with Crippen molar-refractivity contribution in [1.29, 1.82) is 0 Å². The van der Waals surface area contributed by atoms with E-state index in [-0.39, 0.29) is 0 Å². The second kappa shape index (κ2) is 6.39. The smallest absolute Gasteiger partial charge is 0.0892 e. The van der Waals surface area contributed by atoms with Gasteiger partial charge in [0.2, 0.25) is 0 Å². The molecule has 1 aliphatic carbocycles. The van der Waals surface area contributed by atoms with Crippen LogP contribution < -0.4 is 0 Å². The molecule has 138 valence electrons. The molecule has 1 unspecified atom stereocenters. The van der Waals surface area contributed by atoms with Gasteiger partial charge in [-0.15, -0.1) is 45.3 Å². The number of hydrogen-bond acceptors (Lipinski definition) is 4. The number of thiophene rings is 4. The Morgan fingerprint density at radius 1 is 0.821 bits per heavy atom. The molecule has 1 atom stereocenters. The summed E-state index contributed by atoms with van der Waals surface area (Å²) in [6, 6.07) is 13.8. The summed E-state index contributed by atoms with van der Waals surface area (Å²) >= 11 is 7.91. The number of hydrogen-bond donors (Lipinski definition) is 0. The predicted octanol–water partition coefficient (Wildman–Crippen LogP) is 9.36. The van der Waals surface area contributed by atoms with E-state index in [0.29, 0.717) is 5.92 Å². The topological polar surface area (TPSA) is 0 Å². The average molecular weight is 435 g/mol. The summed E-state index contributed by atoms with van der Waals surface area (Å²) in [5.74, 6) is 0.553. The second-order valence-corrected chi connectivity index (χ2v) is 12.2. The highest BCUT2D eigenvalue weighted by Gasteiger charge is 2.20. The van der Waals surface area contributed by atoms with E-state index in [0.717, 1.165) is 6.42 Å². The summed E-state index contributed by atoms with van der Waals surface area (Å²) in [5.41, 5.74) is 4.04. The standard InChI is InChI=1S/C24H18S4/c1-13-3-7-15(8-4-13)19-11-17-21-22(27-23(17)25-19)18-12-20(26-24(18)28-21)16-9-5-14(2)6-10-16/h3-9,11-12,16H,10H2,1-2H3. The van der Waals surface area contributed by atoms with Gasteiger partial charge in [0.1, 0.15) is 0 Å². The van der Waals surface area contributed by atoms with E-state index >= 15 is 0 Å². The van der Waals surface area contributed by atoms with Crippen LogP contribution >= 0.6 is 45.3 Å². The molecule has 6 rings (SSSR count). The Labute approximate surface area is 180 Å². The molecule has 1 aliphatic rings. The van der Waals surface area contributed by atoms with Crippen LogP contribution in [0, 0.1) is 6.92 Å². The minimum absolute atomic E-state index is 0.553. The number of rotatable bonds is 2. The van der Waals surface area contributed by atoms with Crippen LogP contribution in [0.25, 0.3) is 38.6 Å². The van der Waals surface area contributed by atoms with Crippen LogP contribution in [0.4, 0.5) is 0 Å². The Kier molecular flexibility index (Phi) is 3.92. The molecule has 0 fully saturated rings. The van der Waals surface area contributed by atoms with Gasteiger partial charge in [-0.05, 0) is 38.0 Å². The van der Waals surface area contributed by atoms with E-state index in [1.54, 1.807) is 0 Å². The lowest BCUT2D eigenvalue weighted by atomic mass is 9.96. The van der Waals surface area contributed by atoms with Crippen LogP contribution in [0.15, 0.2) is 60.2 Å². The fourth-order valence-corrected chi connectivity index (χ4v) is 9.50. The zero-order valence-electron chi connectivity index (χ0n) is 15.6. The first-order chi connectivity index (χ1) is 13.7. The van der Waals surface area contributed by atoms with Gasteiger partial charge in [0.25, 0.3) is 0 Å². The molecule has 5 aromatic rings. The predicted molar refractivity (Wildman–Crippen MR) is 131 cm³/mol. The van der Waals surface area contributed by atoms with Gasteiger partial charge in [-0.3, -0.25) is 0 Å². The van der Waals surface area contributed by atoms with E-state index < -0.39 is 0 Å². The zero-order valence-corrected chi connectivity index (χ0v) is 18.9. The van der Waals surface area contributed by atoms with E-state index in [1.165, 1.54) is 54.7 Å². The first-order valence-electron chi connectivity index (χ1n) is 9.46. The normalized spacial score (nSPS) is 17.2. The minimum atomic E-state index is 0.553. The Hall–Kier alpha value is -1.72. The van der Waals surface area contributed by atoms with E-state index in [1.807, 2.05) is 45.3 Å². The van der Waals surface area contributed by atoms with E-state index in [2.05, 4.69) is 68.5 Å². The van der Waals surface area contributed by atoms with Gasteiger partial charge in [0.15, 0.2) is 0 Å². The molecule has 4 aromatic heterocycles. The highest BCUT2D eigenvalue weighted by atomic mass is 32.2. The molecule has 1 aromatic carbocycles. The van der Waals surface area contributed by atoms with Crippen molar-refractivity contribution in [3.63, 3.8) is 0 Å². The molecule has 28 heavy (non-hydrogen) atoms. The largest absolute Gasteiger partial charge is 0.129 e. The van der Waals surface area contributed by atoms with Crippen molar-refractivity contribution in [2.24, 2.45) is 0 Å². The lowest BCUT2D eigenvalue weighted by Gasteiger charge is -2.12. The van der Waals surface area contributed by atoms with Gasteiger partial charge in [-0.1, -0.05) is 53.6 Å². The van der Waals surface area contributed by atoms with Crippen LogP contribution in [0.1, 0.15) is 29.7 Å². The van der Waals surface area contributed by atoms with Crippen molar-refractivity contribution in [3.8, 4) is 10.4 Å². The Morgan fingerprint density at radius 2 is 1.54 bits per heavy atom. The summed E-state index contributed by atoms with van der Waals surface area (Å²) in [4.78, 5) is 2.90. The fraction of sp³-hybridized carbons (Fsp3) is 0.167. The summed E-state index contributed by atoms with van der Waals surface area (Å²) in [6.07, 6.45) is 8.15. The Bertz CT molecular complexity index is 1400. The monoisotopic (exact) mass is 434 g/mol. The van der Waals surface area contributed by atoms with Crippen LogP contribution in [-0.4, -0.2) is 0 Å². The molecule has 0 amide bonds. The van der Waals surface area contributed by atoms with E-state index in [4.69, 9.17) is 0 Å². The van der Waals surface area contributed by atoms with Crippen molar-refractivity contribution >= 4 is 73.5 Å². The highest BCUT2D eigenvalue weighted by molar-refractivity contribution is 7.49. The molecule has 0 aliphatic heterocycles. The molecule has 0 saturated carbocycles. The zero-order chi connectivity index (χ0) is 18.8. The Balaban J connectivity index is 1.44. The van der Waals surface area contributed by atoms with Crippen LogP contribution in [0.5, 0.6) is 0 Å². The van der Waals surface area contributed by atoms with Gasteiger partial charge in [0, 0.05) is 26.4 Å². The summed E-state index contributed by atoms with van der Waals surface area (Å²) in [5, 5.41) is 2.93. The molecule has 0 bridgehead atoms. The molecular formula is C24H18S4. The molecule has 0 spiro atoms. The van der Waals surface area contributed by atoms with Crippen molar-refractivity contribution in [1.82, 2.24) is 0 Å². The fourth-order valence-electron chi connectivity index (χ4n) is 3.85. The molecule has 4 heterocycles. The number of aryl methyl sites for hydroxylation is 1. The first kappa shape index (κ1) is 17.2. The maximum atomic E-state index is 2.46. The van der Waals surface area contributed by atoms with Gasteiger partial charge < -0.3 is 0 Å². The maximum Gasteiger partial charge on any atom is 0.0892 e. The summed E-state index contributed by atoms with van der Waals surface area (Å²) in [6.45, 7) is 4.33. The molecule has 4 heteroatoms. The highest BCUT2D eigenvalue weighted by Crippen LogP contribution is 2.51. The molecular weight excluding hydrogens is 417 g/mol. The lowest BCUT2D eigenvalue weighted by molar-refractivity contribution is 0.864. The number of allylic oxidation sites excluding steroid dienone is 4. The van der Waals surface area contributed by atoms with Gasteiger partial charge >= 0.3 is 0 Å². The van der Waals surface area contributed by atoms with Gasteiger partial charge in [-0.25, -0.2) is 0 Å². The maximum absolute atomic E-state index is 2.46. The van der Waals surface area contributed by atoms with Crippen molar-refractivity contribution in [2.75, 3.05) is 0 Å². The van der Waals surface area contributed by atoms with E-state index in [9.17, 15) is 0 Å².